The van der Waals surface area contributed by atoms with E-state index in [1.807, 2.05) is 17.0 Å². The molecule has 0 radical (unpaired) electrons. The Morgan fingerprint density at radius 1 is 1.22 bits per heavy atom. The van der Waals surface area contributed by atoms with Gasteiger partial charge in [0.1, 0.15) is 29.6 Å². The van der Waals surface area contributed by atoms with Crippen LogP contribution in [0.3, 0.4) is 0 Å². The molecule has 194 valence electrons. The lowest BCUT2D eigenvalue weighted by Gasteiger charge is -2.35. The molecule has 0 atom stereocenters. The maximum absolute atomic E-state index is 13.6. The van der Waals surface area contributed by atoms with Crippen molar-refractivity contribution in [3.8, 4) is 5.75 Å². The Bertz CT molecular complexity index is 1350. The van der Waals surface area contributed by atoms with Crippen molar-refractivity contribution in [2.24, 2.45) is 0 Å². The van der Waals surface area contributed by atoms with E-state index in [0.717, 1.165) is 39.6 Å². The molecule has 4 heterocycles. The molecule has 3 aromatic rings. The first kappa shape index (κ1) is 25.4. The van der Waals surface area contributed by atoms with E-state index in [0.29, 0.717) is 43.6 Å². The number of pyridine rings is 1. The number of aromatic amines is 1. The number of hydrogen-bond donors (Lipinski definition) is 2. The predicted molar refractivity (Wildman–Crippen MR) is 146 cm³/mol. The van der Waals surface area contributed by atoms with Crippen LogP contribution in [0.5, 0.6) is 5.75 Å². The molecule has 2 aliphatic heterocycles. The minimum absolute atomic E-state index is 0. The average Bonchev–Trinajstić information content (AvgIpc) is 3.50. The van der Waals surface area contributed by atoms with Crippen LogP contribution in [0.15, 0.2) is 30.5 Å². The summed E-state index contributed by atoms with van der Waals surface area (Å²) in [5, 5.41) is 19.5. The zero-order valence-electron chi connectivity index (χ0n) is 21.4. The summed E-state index contributed by atoms with van der Waals surface area (Å²) in [6.45, 7) is 8.92. The summed E-state index contributed by atoms with van der Waals surface area (Å²) in [4.78, 5) is 22.4. The van der Waals surface area contributed by atoms with Crippen molar-refractivity contribution in [3.05, 3.63) is 64.2 Å². The second-order valence-electron chi connectivity index (χ2n) is 11.0. The number of ketones is 1. The third-order valence-corrected chi connectivity index (χ3v) is 7.20. The summed E-state index contributed by atoms with van der Waals surface area (Å²) < 4.78 is 6.14. The van der Waals surface area contributed by atoms with Crippen LogP contribution in [0, 0.1) is 5.41 Å². The number of ether oxygens (including phenoxy) is 1. The molecule has 1 aromatic carbocycles. The Morgan fingerprint density at radius 2 is 2.03 bits per heavy atom. The van der Waals surface area contributed by atoms with E-state index in [4.69, 9.17) is 15.1 Å². The van der Waals surface area contributed by atoms with Crippen molar-refractivity contribution in [1.82, 2.24) is 25.3 Å². The molecule has 0 amide bonds. The summed E-state index contributed by atoms with van der Waals surface area (Å²) in [5.74, 6) is 1.68. The number of anilines is 1. The van der Waals surface area contributed by atoms with Crippen molar-refractivity contribution in [1.29, 1.82) is 5.41 Å². The van der Waals surface area contributed by atoms with Crippen LogP contribution < -0.4 is 9.64 Å². The van der Waals surface area contributed by atoms with Crippen molar-refractivity contribution in [2.45, 2.75) is 58.0 Å². The molecule has 0 bridgehead atoms. The van der Waals surface area contributed by atoms with E-state index in [9.17, 15) is 4.79 Å². The fourth-order valence-corrected chi connectivity index (χ4v) is 5.03. The normalized spacial score (nSPS) is 16.7. The number of fused-ring (bicyclic) bond motifs is 2. The molecular weight excluding hydrogens is 534 g/mol. The van der Waals surface area contributed by atoms with Gasteiger partial charge in [-0.05, 0) is 36.5 Å². The first-order valence-corrected chi connectivity index (χ1v) is 12.6. The van der Waals surface area contributed by atoms with Crippen molar-refractivity contribution >= 4 is 34.3 Å². The maximum atomic E-state index is 13.6. The fourth-order valence-electron chi connectivity index (χ4n) is 5.03. The van der Waals surface area contributed by atoms with Crippen LogP contribution in [0.2, 0.25) is 0 Å². The lowest BCUT2D eigenvalue weighted by atomic mass is 9.84. The second kappa shape index (κ2) is 9.55. The minimum atomic E-state index is -0.211. The largest absolute Gasteiger partial charge is 0.489 e. The van der Waals surface area contributed by atoms with Gasteiger partial charge in [-0.2, -0.15) is 15.4 Å². The third kappa shape index (κ3) is 4.86. The number of carbonyl (C=O) groups excluding carboxylic acids is 1. The summed E-state index contributed by atoms with van der Waals surface area (Å²) >= 11 is 0. The molecule has 2 N–H and O–H groups in total. The number of H-pyrrole nitrogens is 1. The van der Waals surface area contributed by atoms with Gasteiger partial charge in [0, 0.05) is 34.8 Å². The molecule has 10 heteroatoms. The van der Waals surface area contributed by atoms with Gasteiger partial charge in [0.25, 0.3) is 0 Å². The second-order valence-corrected chi connectivity index (χ2v) is 11.0. The summed E-state index contributed by atoms with van der Waals surface area (Å²) in [5.41, 5.74) is 5.97. The van der Waals surface area contributed by atoms with Crippen LogP contribution in [0.4, 0.5) is 5.69 Å². The Morgan fingerprint density at radius 3 is 2.73 bits per heavy atom. The molecule has 0 spiro atoms. The first-order valence-electron chi connectivity index (χ1n) is 12.6. The molecule has 3 aliphatic rings. The van der Waals surface area contributed by atoms with Gasteiger partial charge in [-0.3, -0.25) is 10.2 Å². The highest BCUT2D eigenvalue weighted by Gasteiger charge is 2.33. The van der Waals surface area contributed by atoms with Gasteiger partial charge in [-0.25, -0.2) is 4.98 Å². The summed E-state index contributed by atoms with van der Waals surface area (Å²) in [6, 6.07) is 8.06. The molecule has 6 rings (SSSR count). The molecule has 1 saturated carbocycles. The van der Waals surface area contributed by atoms with Gasteiger partial charge in [-0.1, -0.05) is 26.8 Å². The van der Waals surface area contributed by atoms with Gasteiger partial charge in [-0.15, -0.1) is 17.0 Å². The van der Waals surface area contributed by atoms with Crippen LogP contribution in [0.25, 0.3) is 0 Å². The molecule has 1 aliphatic carbocycles. The number of aromatic nitrogens is 4. The smallest absolute Gasteiger partial charge is 0.182 e. The number of halogens is 1. The molecule has 2 aromatic heterocycles. The summed E-state index contributed by atoms with van der Waals surface area (Å²) in [7, 11) is 0. The molecule has 1 fully saturated rings. The Hall–Kier alpha value is -3.27. The van der Waals surface area contributed by atoms with Crippen LogP contribution >= 0.6 is 17.0 Å². The number of rotatable bonds is 6. The van der Waals surface area contributed by atoms with Gasteiger partial charge in [0.15, 0.2) is 5.78 Å². The fraction of sp³-hybridized carbons (Fsp3) is 0.444. The van der Waals surface area contributed by atoms with Gasteiger partial charge in [0.2, 0.25) is 0 Å². The molecule has 9 nitrogen and oxygen atoms in total. The first-order chi connectivity index (χ1) is 17.3. The minimum Gasteiger partial charge on any atom is -0.489 e. The highest BCUT2D eigenvalue weighted by Crippen LogP contribution is 2.43. The van der Waals surface area contributed by atoms with Crippen LogP contribution in [0.1, 0.15) is 78.1 Å². The van der Waals surface area contributed by atoms with E-state index < -0.39 is 0 Å². The van der Waals surface area contributed by atoms with Crippen molar-refractivity contribution in [2.75, 3.05) is 24.6 Å². The highest BCUT2D eigenvalue weighted by atomic mass is 79.9. The number of Topliss-reactive ketones (excluding diaryl/α,β-unsaturated/α-hetero) is 1. The SMILES string of the molecule is Br.CC(C)(C)c1cc(C(=O)CN2Cc3ccc(C4CC4)nc3C2=N)cc2c1OCCN2Cc1cn[nH]n1. The average molecular weight is 567 g/mol. The third-order valence-electron chi connectivity index (χ3n) is 7.20. The van der Waals surface area contributed by atoms with Crippen LogP contribution in [-0.4, -0.2) is 56.6 Å². The van der Waals surface area contributed by atoms with Crippen LogP contribution in [-0.2, 0) is 18.5 Å². The Kier molecular flexibility index (Phi) is 6.55. The van der Waals surface area contributed by atoms with Gasteiger partial charge < -0.3 is 14.5 Å². The van der Waals surface area contributed by atoms with E-state index in [1.165, 1.54) is 12.8 Å². The zero-order valence-corrected chi connectivity index (χ0v) is 23.1. The molecular formula is C27H32BrN7O2. The van der Waals surface area contributed by atoms with Gasteiger partial charge in [0.05, 0.1) is 31.5 Å². The highest BCUT2D eigenvalue weighted by molar-refractivity contribution is 8.93. The number of nitrogens with zero attached hydrogens (tertiary/aromatic N) is 5. The van der Waals surface area contributed by atoms with E-state index in [-0.39, 0.29) is 34.7 Å². The predicted octanol–water partition coefficient (Wildman–Crippen LogP) is 4.38. The van der Waals surface area contributed by atoms with E-state index in [2.05, 4.69) is 53.2 Å². The monoisotopic (exact) mass is 565 g/mol. The Labute approximate surface area is 226 Å². The van der Waals surface area contributed by atoms with Gasteiger partial charge >= 0.3 is 0 Å². The van der Waals surface area contributed by atoms with Crippen molar-refractivity contribution < 1.29 is 9.53 Å². The molecule has 37 heavy (non-hydrogen) atoms. The lowest BCUT2D eigenvalue weighted by molar-refractivity contribution is 0.0962. The topological polar surface area (TPSA) is 111 Å². The van der Waals surface area contributed by atoms with Crippen molar-refractivity contribution in [3.63, 3.8) is 0 Å². The number of nitrogens with one attached hydrogen (secondary N) is 2. The maximum Gasteiger partial charge on any atom is 0.182 e. The van der Waals surface area contributed by atoms with E-state index in [1.54, 1.807) is 6.20 Å². The van der Waals surface area contributed by atoms with E-state index >= 15 is 0 Å². The zero-order chi connectivity index (χ0) is 25.0. The lowest BCUT2D eigenvalue weighted by Crippen LogP contribution is -2.34. The number of hydrogen-bond acceptors (Lipinski definition) is 7. The Balaban J connectivity index is 0.00000280. The number of amidine groups is 1. The number of carbonyl (C=O) groups is 1. The number of benzene rings is 1. The molecule has 0 saturated heterocycles. The quantitative estimate of drug-likeness (QED) is 0.426. The summed E-state index contributed by atoms with van der Waals surface area (Å²) in [6.07, 6.45) is 4.06. The standard InChI is InChI=1S/C27H31N7O2.BrH/c1-27(2,3)20-10-18(11-22-25(20)36-9-8-33(22)14-19-12-29-32-31-19)23(35)15-34-13-17-6-7-21(16-4-5-16)30-24(17)26(34)28;/h6-7,10-12,16,28H,4-5,8-9,13-15H2,1-3H3,(H,29,31,32);1H. The molecule has 0 unspecified atom stereocenters.